The monoisotopic (exact) mass is 509 g/mol. The Morgan fingerprint density at radius 1 is 1.00 bits per heavy atom. The van der Waals surface area contributed by atoms with Gasteiger partial charge in [0.25, 0.3) is 0 Å². The van der Waals surface area contributed by atoms with Gasteiger partial charge in [0.05, 0.1) is 6.54 Å². The lowest BCUT2D eigenvalue weighted by atomic mass is 10.0. The first-order chi connectivity index (χ1) is 13.4. The number of carbonyl (C=O) groups excluding carboxylic acids is 1. The lowest BCUT2D eigenvalue weighted by molar-refractivity contribution is 0.250. The molecule has 0 heterocycles. The van der Waals surface area contributed by atoms with E-state index in [0.29, 0.717) is 12.5 Å². The highest BCUT2D eigenvalue weighted by molar-refractivity contribution is 14.0. The Kier molecular flexibility index (Phi) is 10.5. The van der Waals surface area contributed by atoms with Crippen molar-refractivity contribution in [1.29, 1.82) is 0 Å². The molecule has 0 saturated carbocycles. The highest BCUT2D eigenvalue weighted by atomic mass is 127. The van der Waals surface area contributed by atoms with Gasteiger partial charge in [0.1, 0.15) is 0 Å². The molecule has 0 unspecified atom stereocenters. The third-order valence-electron chi connectivity index (χ3n) is 4.32. The van der Waals surface area contributed by atoms with Crippen LogP contribution in [0.4, 0.5) is 16.2 Å². The predicted octanol–water partition coefficient (Wildman–Crippen LogP) is 4.89. The molecule has 158 valence electrons. The molecule has 7 heteroatoms. The molecule has 0 atom stereocenters. The maximum atomic E-state index is 11.7. The van der Waals surface area contributed by atoms with E-state index < -0.39 is 0 Å². The Morgan fingerprint density at radius 2 is 1.59 bits per heavy atom. The number of nitrogens with one attached hydrogen (secondary N) is 3. The van der Waals surface area contributed by atoms with Crippen LogP contribution >= 0.6 is 24.0 Å². The van der Waals surface area contributed by atoms with Gasteiger partial charge < -0.3 is 21.7 Å². The molecule has 5 N–H and O–H groups in total. The number of para-hydroxylation sites is 1. The Hall–Kier alpha value is -2.29. The number of rotatable bonds is 7. The molecular weight excluding hydrogens is 477 g/mol. The lowest BCUT2D eigenvalue weighted by Gasteiger charge is -2.15. The van der Waals surface area contributed by atoms with Crippen LogP contribution in [0.5, 0.6) is 0 Å². The number of amides is 2. The molecule has 2 aromatic rings. The van der Waals surface area contributed by atoms with E-state index in [-0.39, 0.29) is 36.0 Å². The number of aryl methyl sites for hydroxylation is 2. The third kappa shape index (κ3) is 7.92. The number of anilines is 2. The predicted molar refractivity (Wildman–Crippen MR) is 133 cm³/mol. The van der Waals surface area contributed by atoms with Crippen molar-refractivity contribution in [3.8, 4) is 0 Å². The fourth-order valence-electron chi connectivity index (χ4n) is 2.87. The van der Waals surface area contributed by atoms with E-state index in [1.165, 1.54) is 11.1 Å². The number of aliphatic imine (C=N–C) groups is 1. The number of benzene rings is 2. The molecule has 0 aromatic heterocycles. The minimum absolute atomic E-state index is 0. The number of guanidine groups is 1. The minimum Gasteiger partial charge on any atom is -0.370 e. The van der Waals surface area contributed by atoms with Crippen molar-refractivity contribution in [3.05, 3.63) is 59.2 Å². The molecule has 6 nitrogen and oxygen atoms in total. The molecule has 0 aliphatic heterocycles. The normalized spacial score (nSPS) is 11.0. The first-order valence-electron chi connectivity index (χ1n) is 9.77. The minimum atomic E-state index is -0.212. The van der Waals surface area contributed by atoms with Crippen molar-refractivity contribution >= 4 is 47.3 Å². The van der Waals surface area contributed by atoms with Gasteiger partial charge in [-0.05, 0) is 55.5 Å². The maximum Gasteiger partial charge on any atom is 0.319 e. The average molecular weight is 509 g/mol. The molecule has 0 bridgehead atoms. The molecule has 2 rings (SSSR count). The van der Waals surface area contributed by atoms with Crippen LogP contribution in [-0.2, 0) is 19.4 Å². The smallest absolute Gasteiger partial charge is 0.319 e. The maximum absolute atomic E-state index is 11.7. The van der Waals surface area contributed by atoms with Crippen molar-refractivity contribution < 1.29 is 4.79 Å². The summed E-state index contributed by atoms with van der Waals surface area (Å²) in [4.78, 5) is 16.2. The zero-order valence-electron chi connectivity index (χ0n) is 17.6. The summed E-state index contributed by atoms with van der Waals surface area (Å²) >= 11 is 0. The average Bonchev–Trinajstić information content (AvgIpc) is 2.67. The molecule has 0 spiro atoms. The largest absolute Gasteiger partial charge is 0.370 e. The van der Waals surface area contributed by atoms with E-state index in [1.54, 1.807) is 0 Å². The molecule has 0 saturated heterocycles. The zero-order chi connectivity index (χ0) is 20.5. The highest BCUT2D eigenvalue weighted by Crippen LogP contribution is 2.22. The summed E-state index contributed by atoms with van der Waals surface area (Å²) in [6.07, 6.45) is 1.87. The van der Waals surface area contributed by atoms with Crippen LogP contribution in [0.2, 0.25) is 0 Å². The second-order valence-corrected chi connectivity index (χ2v) is 6.93. The molecule has 0 fully saturated rings. The van der Waals surface area contributed by atoms with Gasteiger partial charge >= 0.3 is 6.03 Å². The first kappa shape index (κ1) is 24.7. The fraction of sp³-hybridized carbons (Fsp3) is 0.364. The number of urea groups is 1. The van der Waals surface area contributed by atoms with Gasteiger partial charge in [0.15, 0.2) is 5.96 Å². The van der Waals surface area contributed by atoms with Crippen molar-refractivity contribution in [3.63, 3.8) is 0 Å². The topological polar surface area (TPSA) is 91.5 Å². The summed E-state index contributed by atoms with van der Waals surface area (Å²) < 4.78 is 0. The van der Waals surface area contributed by atoms with E-state index in [2.05, 4.69) is 53.0 Å². The quantitative estimate of drug-likeness (QED) is 0.244. The van der Waals surface area contributed by atoms with Crippen LogP contribution in [0.25, 0.3) is 0 Å². The number of hydrogen-bond acceptors (Lipinski definition) is 2. The molecule has 2 aromatic carbocycles. The highest BCUT2D eigenvalue weighted by Gasteiger charge is 2.07. The second kappa shape index (κ2) is 12.3. The number of halogens is 1. The van der Waals surface area contributed by atoms with Crippen LogP contribution in [0.3, 0.4) is 0 Å². The van der Waals surface area contributed by atoms with E-state index in [0.717, 1.165) is 29.8 Å². The second-order valence-electron chi connectivity index (χ2n) is 6.93. The zero-order valence-corrected chi connectivity index (χ0v) is 19.9. The summed E-state index contributed by atoms with van der Waals surface area (Å²) in [5.74, 6) is 0.397. The van der Waals surface area contributed by atoms with E-state index in [1.807, 2.05) is 38.1 Å². The Balaban J connectivity index is 0.00000420. The van der Waals surface area contributed by atoms with Gasteiger partial charge in [0, 0.05) is 17.4 Å². The summed E-state index contributed by atoms with van der Waals surface area (Å²) in [5.41, 5.74) is 11.4. The Bertz CT molecular complexity index is 796. The van der Waals surface area contributed by atoms with Crippen molar-refractivity contribution in [2.45, 2.75) is 53.1 Å². The van der Waals surface area contributed by atoms with Crippen molar-refractivity contribution in [2.24, 2.45) is 10.7 Å². The molecular formula is C22H32IN5O. The summed E-state index contributed by atoms with van der Waals surface area (Å²) in [5, 5.41) is 8.86. The number of hydrogen-bond donors (Lipinski definition) is 4. The van der Waals surface area contributed by atoms with Gasteiger partial charge in [-0.15, -0.1) is 24.0 Å². The van der Waals surface area contributed by atoms with Crippen LogP contribution in [0, 0.1) is 0 Å². The Labute approximate surface area is 190 Å². The molecule has 0 aliphatic carbocycles. The fourth-order valence-corrected chi connectivity index (χ4v) is 2.87. The van der Waals surface area contributed by atoms with E-state index in [9.17, 15) is 4.79 Å². The standard InChI is InChI=1S/C22H31N5O.HI/c1-5-17-8-7-9-18(6-2)20(17)27-21(23)24-14-16-10-12-19(13-11-16)26-22(28)25-15(3)4;/h7-13,15H,5-6,14H2,1-4H3,(H3,23,24,27)(H2,25,26,28);1H. The van der Waals surface area contributed by atoms with Crippen molar-refractivity contribution in [2.75, 3.05) is 10.6 Å². The first-order valence-corrected chi connectivity index (χ1v) is 9.77. The van der Waals surface area contributed by atoms with Crippen LogP contribution in [-0.4, -0.2) is 18.0 Å². The van der Waals surface area contributed by atoms with Crippen LogP contribution in [0.1, 0.15) is 44.4 Å². The van der Waals surface area contributed by atoms with Gasteiger partial charge in [-0.25, -0.2) is 9.79 Å². The third-order valence-corrected chi connectivity index (χ3v) is 4.32. The molecule has 29 heavy (non-hydrogen) atoms. The summed E-state index contributed by atoms with van der Waals surface area (Å²) in [7, 11) is 0. The SMILES string of the molecule is CCc1cccc(CC)c1NC(N)=NCc1ccc(NC(=O)NC(C)C)cc1.I. The number of nitrogens with zero attached hydrogens (tertiary/aromatic N) is 1. The van der Waals surface area contributed by atoms with Gasteiger partial charge in [-0.3, -0.25) is 0 Å². The van der Waals surface area contributed by atoms with Gasteiger partial charge in [-0.2, -0.15) is 0 Å². The van der Waals surface area contributed by atoms with Gasteiger partial charge in [0.2, 0.25) is 0 Å². The lowest BCUT2D eigenvalue weighted by Crippen LogP contribution is -2.34. The van der Waals surface area contributed by atoms with Crippen molar-refractivity contribution in [1.82, 2.24) is 5.32 Å². The summed E-state index contributed by atoms with van der Waals surface area (Å²) in [6.45, 7) is 8.56. The molecule has 0 radical (unpaired) electrons. The molecule has 0 aliphatic rings. The molecule has 2 amide bonds. The van der Waals surface area contributed by atoms with E-state index >= 15 is 0 Å². The Morgan fingerprint density at radius 3 is 2.10 bits per heavy atom. The van der Waals surface area contributed by atoms with Gasteiger partial charge in [-0.1, -0.05) is 44.2 Å². The van der Waals surface area contributed by atoms with Crippen LogP contribution < -0.4 is 21.7 Å². The van der Waals surface area contributed by atoms with Crippen LogP contribution in [0.15, 0.2) is 47.5 Å². The summed E-state index contributed by atoms with van der Waals surface area (Å²) in [6, 6.07) is 13.7. The van der Waals surface area contributed by atoms with E-state index in [4.69, 9.17) is 5.73 Å². The number of nitrogens with two attached hydrogens (primary N) is 1. The number of carbonyl (C=O) groups is 1.